The number of alkyl halides is 1. The van der Waals surface area contributed by atoms with E-state index in [2.05, 4.69) is 6.58 Å². The van der Waals surface area contributed by atoms with Crippen molar-refractivity contribution in [2.24, 2.45) is 0 Å². The Kier molecular flexibility index (Phi) is 5.13. The molecule has 0 spiro atoms. The second-order valence-corrected chi connectivity index (χ2v) is 3.44. The van der Waals surface area contributed by atoms with Gasteiger partial charge in [0.15, 0.2) is 5.50 Å². The number of carboxylic acids is 2. The molecular formula is C7H9FO4S. The Morgan fingerprint density at radius 3 is 2.38 bits per heavy atom. The largest absolute Gasteiger partial charge is 0.481 e. The van der Waals surface area contributed by atoms with Gasteiger partial charge in [-0.2, -0.15) is 0 Å². The van der Waals surface area contributed by atoms with Crippen molar-refractivity contribution >= 4 is 23.7 Å². The highest BCUT2D eigenvalue weighted by atomic mass is 32.2. The van der Waals surface area contributed by atoms with Gasteiger partial charge in [0, 0.05) is 0 Å². The molecule has 0 aromatic rings. The van der Waals surface area contributed by atoms with Crippen molar-refractivity contribution in [3.8, 4) is 0 Å². The van der Waals surface area contributed by atoms with E-state index in [-0.39, 0.29) is 0 Å². The van der Waals surface area contributed by atoms with Gasteiger partial charge in [0.25, 0.3) is 0 Å². The van der Waals surface area contributed by atoms with E-state index < -0.39 is 29.1 Å². The van der Waals surface area contributed by atoms with E-state index in [0.29, 0.717) is 11.8 Å². The molecule has 2 N–H and O–H groups in total. The lowest BCUT2D eigenvalue weighted by Gasteiger charge is -2.09. The van der Waals surface area contributed by atoms with Crippen molar-refractivity contribution in [3.63, 3.8) is 0 Å². The van der Waals surface area contributed by atoms with Crippen molar-refractivity contribution < 1.29 is 24.2 Å². The van der Waals surface area contributed by atoms with Gasteiger partial charge >= 0.3 is 11.9 Å². The first kappa shape index (κ1) is 12.0. The fraction of sp³-hybridized carbons (Fsp3) is 0.429. The van der Waals surface area contributed by atoms with Crippen LogP contribution >= 0.6 is 11.8 Å². The van der Waals surface area contributed by atoms with Gasteiger partial charge in [0.05, 0.1) is 6.42 Å². The topological polar surface area (TPSA) is 74.6 Å². The van der Waals surface area contributed by atoms with Crippen LogP contribution in [0.5, 0.6) is 0 Å². The van der Waals surface area contributed by atoms with E-state index in [4.69, 9.17) is 10.2 Å². The molecule has 74 valence electrons. The van der Waals surface area contributed by atoms with Crippen LogP contribution in [0.4, 0.5) is 4.39 Å². The van der Waals surface area contributed by atoms with Crippen molar-refractivity contribution in [1.29, 1.82) is 0 Å². The predicted octanol–water partition coefficient (Wildman–Crippen LogP) is 1.13. The van der Waals surface area contributed by atoms with E-state index in [1.54, 1.807) is 0 Å². The van der Waals surface area contributed by atoms with Crippen LogP contribution in [0.15, 0.2) is 12.7 Å². The zero-order valence-electron chi connectivity index (χ0n) is 6.64. The highest BCUT2D eigenvalue weighted by Crippen LogP contribution is 2.22. The van der Waals surface area contributed by atoms with Crippen LogP contribution in [0, 0.1) is 0 Å². The Labute approximate surface area is 78.4 Å². The highest BCUT2D eigenvalue weighted by Gasteiger charge is 2.24. The van der Waals surface area contributed by atoms with Gasteiger partial charge in [-0.15, -0.1) is 11.8 Å². The SMILES string of the molecule is C=CC(F)SC(CC(=O)O)C(=O)O. The summed E-state index contributed by atoms with van der Waals surface area (Å²) >= 11 is 0.416. The molecule has 13 heavy (non-hydrogen) atoms. The number of rotatable bonds is 6. The number of hydrogen-bond donors (Lipinski definition) is 2. The summed E-state index contributed by atoms with van der Waals surface area (Å²) in [7, 11) is 0. The summed E-state index contributed by atoms with van der Waals surface area (Å²) in [6.45, 7) is 3.12. The van der Waals surface area contributed by atoms with Crippen LogP contribution in [0.1, 0.15) is 6.42 Å². The molecule has 0 aromatic carbocycles. The normalized spacial score (nSPS) is 14.5. The van der Waals surface area contributed by atoms with E-state index >= 15 is 0 Å². The van der Waals surface area contributed by atoms with Crippen molar-refractivity contribution in [3.05, 3.63) is 12.7 Å². The Morgan fingerprint density at radius 1 is 1.54 bits per heavy atom. The molecule has 0 saturated heterocycles. The van der Waals surface area contributed by atoms with E-state index in [9.17, 15) is 14.0 Å². The molecule has 0 aliphatic carbocycles. The number of carbonyl (C=O) groups is 2. The van der Waals surface area contributed by atoms with Gasteiger partial charge in [-0.3, -0.25) is 9.59 Å². The number of thioether (sulfide) groups is 1. The second kappa shape index (κ2) is 5.58. The fourth-order valence-electron chi connectivity index (χ4n) is 0.565. The van der Waals surface area contributed by atoms with Crippen LogP contribution in [0.2, 0.25) is 0 Å². The minimum absolute atomic E-state index is 0.416. The molecule has 0 bridgehead atoms. The first-order valence-corrected chi connectivity index (χ1v) is 4.28. The molecular weight excluding hydrogens is 199 g/mol. The van der Waals surface area contributed by atoms with Crippen molar-refractivity contribution in [2.75, 3.05) is 0 Å². The van der Waals surface area contributed by atoms with Crippen LogP contribution < -0.4 is 0 Å². The molecule has 2 unspecified atom stereocenters. The minimum atomic E-state index is -1.56. The quantitative estimate of drug-likeness (QED) is 0.640. The average Bonchev–Trinajstić information content (AvgIpc) is 2.02. The maximum atomic E-state index is 12.6. The maximum absolute atomic E-state index is 12.6. The lowest BCUT2D eigenvalue weighted by Crippen LogP contribution is -2.21. The molecule has 2 atom stereocenters. The summed E-state index contributed by atoms with van der Waals surface area (Å²) in [4.78, 5) is 20.6. The monoisotopic (exact) mass is 208 g/mol. The Bertz CT molecular complexity index is 219. The summed E-state index contributed by atoms with van der Waals surface area (Å²) in [6, 6.07) is 0. The summed E-state index contributed by atoms with van der Waals surface area (Å²) in [5, 5.41) is 15.5. The zero-order chi connectivity index (χ0) is 10.4. The average molecular weight is 208 g/mol. The summed E-state index contributed by atoms with van der Waals surface area (Å²) in [5.74, 6) is -2.60. The standard InChI is InChI=1S/C7H9FO4S/c1-2-5(8)13-4(7(11)12)3-6(9)10/h2,4-5H,1,3H2,(H,9,10)(H,11,12). The zero-order valence-corrected chi connectivity index (χ0v) is 7.46. The molecule has 0 aliphatic rings. The highest BCUT2D eigenvalue weighted by molar-refractivity contribution is 8.01. The number of carboxylic acid groups (broad SMARTS) is 2. The third-order valence-electron chi connectivity index (χ3n) is 1.12. The Morgan fingerprint density at radius 2 is 2.08 bits per heavy atom. The maximum Gasteiger partial charge on any atom is 0.317 e. The van der Waals surface area contributed by atoms with Crippen molar-refractivity contribution in [2.45, 2.75) is 17.2 Å². The van der Waals surface area contributed by atoms with Gasteiger partial charge in [-0.25, -0.2) is 4.39 Å². The van der Waals surface area contributed by atoms with Crippen LogP contribution in [-0.4, -0.2) is 32.9 Å². The summed E-state index contributed by atoms with van der Waals surface area (Å²) < 4.78 is 12.6. The number of hydrogen-bond acceptors (Lipinski definition) is 3. The van der Waals surface area contributed by atoms with Crippen LogP contribution in [0.3, 0.4) is 0 Å². The van der Waals surface area contributed by atoms with Gasteiger partial charge in [-0.05, 0) is 6.08 Å². The van der Waals surface area contributed by atoms with Crippen LogP contribution in [-0.2, 0) is 9.59 Å². The van der Waals surface area contributed by atoms with E-state index in [1.807, 2.05) is 0 Å². The molecule has 6 heteroatoms. The molecule has 0 amide bonds. The van der Waals surface area contributed by atoms with Crippen LogP contribution in [0.25, 0.3) is 0 Å². The number of halogens is 1. The third kappa shape index (κ3) is 5.24. The molecule has 0 saturated carbocycles. The first-order chi connectivity index (χ1) is 5.97. The second-order valence-electron chi connectivity index (χ2n) is 2.15. The molecule has 0 aliphatic heterocycles. The lowest BCUT2D eigenvalue weighted by atomic mass is 10.3. The first-order valence-electron chi connectivity index (χ1n) is 3.34. The Balaban J connectivity index is 4.17. The van der Waals surface area contributed by atoms with Gasteiger partial charge < -0.3 is 10.2 Å². The molecule has 0 aromatic heterocycles. The molecule has 0 radical (unpaired) electrons. The summed E-state index contributed by atoms with van der Waals surface area (Å²) in [6.07, 6.45) is 0.316. The van der Waals surface area contributed by atoms with E-state index in [1.165, 1.54) is 0 Å². The van der Waals surface area contributed by atoms with Gasteiger partial charge in [0.2, 0.25) is 0 Å². The third-order valence-corrected chi connectivity index (χ3v) is 2.26. The molecule has 0 fully saturated rings. The van der Waals surface area contributed by atoms with E-state index in [0.717, 1.165) is 6.08 Å². The molecule has 4 nitrogen and oxygen atoms in total. The van der Waals surface area contributed by atoms with Crippen molar-refractivity contribution in [1.82, 2.24) is 0 Å². The fourth-order valence-corrected chi connectivity index (χ4v) is 1.34. The minimum Gasteiger partial charge on any atom is -0.481 e. The lowest BCUT2D eigenvalue weighted by molar-refractivity contribution is -0.142. The Hall–Kier alpha value is -1.04. The predicted molar refractivity (Wildman–Crippen MR) is 46.4 cm³/mol. The molecule has 0 heterocycles. The number of aliphatic carboxylic acids is 2. The molecule has 0 rings (SSSR count). The summed E-state index contributed by atoms with van der Waals surface area (Å²) in [5.41, 5.74) is -1.56. The van der Waals surface area contributed by atoms with Gasteiger partial charge in [0.1, 0.15) is 5.25 Å². The smallest absolute Gasteiger partial charge is 0.317 e. The van der Waals surface area contributed by atoms with Gasteiger partial charge in [-0.1, -0.05) is 6.58 Å².